The lowest BCUT2D eigenvalue weighted by Crippen LogP contribution is -2.38. The van der Waals surface area contributed by atoms with Gasteiger partial charge in [0.2, 0.25) is 0 Å². The van der Waals surface area contributed by atoms with Crippen molar-refractivity contribution in [3.63, 3.8) is 0 Å². The second kappa shape index (κ2) is 7.90. The Hall–Kier alpha value is -2.81. The minimum Gasteiger partial charge on any atom is -0.360 e. The number of rotatable bonds is 6. The first kappa shape index (κ1) is 19.5. The summed E-state index contributed by atoms with van der Waals surface area (Å²) in [6.45, 7) is 7.41. The molecule has 9 heteroatoms. The lowest BCUT2D eigenvalue weighted by molar-refractivity contribution is 0.209. The average Bonchev–Trinajstić information content (AvgIpc) is 3.34. The van der Waals surface area contributed by atoms with Crippen molar-refractivity contribution in [3.05, 3.63) is 47.4 Å². The predicted molar refractivity (Wildman–Crippen MR) is 107 cm³/mol. The predicted octanol–water partition coefficient (Wildman–Crippen LogP) is 2.62. The summed E-state index contributed by atoms with van der Waals surface area (Å²) in [5.74, 6) is 2.16. The molecule has 3 aromatic heterocycles. The van der Waals surface area contributed by atoms with Gasteiger partial charge in [-0.25, -0.2) is 14.1 Å². The van der Waals surface area contributed by atoms with E-state index in [4.69, 9.17) is 9.51 Å². The maximum absolute atomic E-state index is 14.2. The number of nitrogens with zero attached hydrogens (tertiary/aromatic N) is 7. The van der Waals surface area contributed by atoms with Crippen molar-refractivity contribution >= 4 is 5.82 Å². The summed E-state index contributed by atoms with van der Waals surface area (Å²) in [4.78, 5) is 13.2. The molecule has 4 heterocycles. The van der Waals surface area contributed by atoms with Crippen molar-refractivity contribution in [2.45, 2.75) is 46.0 Å². The first-order valence-electron chi connectivity index (χ1n) is 9.76. The zero-order valence-corrected chi connectivity index (χ0v) is 17.2. The highest BCUT2D eigenvalue weighted by molar-refractivity contribution is 5.39. The van der Waals surface area contributed by atoms with Crippen LogP contribution in [0.15, 0.2) is 29.0 Å². The Morgan fingerprint density at radius 2 is 2.03 bits per heavy atom. The third-order valence-electron chi connectivity index (χ3n) is 5.22. The molecule has 4 rings (SSSR count). The number of likely N-dealkylation sites (tertiary alicyclic amines) is 1. The summed E-state index contributed by atoms with van der Waals surface area (Å²) in [6.07, 6.45) is 3.07. The molecule has 0 amide bonds. The third kappa shape index (κ3) is 4.29. The average molecular weight is 399 g/mol. The zero-order valence-electron chi connectivity index (χ0n) is 17.2. The molecule has 29 heavy (non-hydrogen) atoms. The van der Waals surface area contributed by atoms with E-state index in [0.29, 0.717) is 31.9 Å². The monoisotopic (exact) mass is 399 g/mol. The van der Waals surface area contributed by atoms with Crippen LogP contribution < -0.4 is 4.90 Å². The molecule has 3 aromatic rings. The fourth-order valence-electron chi connectivity index (χ4n) is 3.90. The molecule has 1 saturated heterocycles. The van der Waals surface area contributed by atoms with Gasteiger partial charge in [0.15, 0.2) is 11.6 Å². The SMILES string of the molecule is Cc1cc(CN2C[C@@H](F)C[C@H]2CN(C)c2cncc(-n3nc(C)cc3C)n2)on1. The van der Waals surface area contributed by atoms with Crippen LogP contribution in [0.3, 0.4) is 0 Å². The molecule has 1 aliphatic rings. The quantitative estimate of drug-likeness (QED) is 0.631. The molecular weight excluding hydrogens is 373 g/mol. The molecule has 8 nitrogen and oxygen atoms in total. The highest BCUT2D eigenvalue weighted by Gasteiger charge is 2.33. The summed E-state index contributed by atoms with van der Waals surface area (Å²) in [5, 5.41) is 8.40. The molecule has 0 aromatic carbocycles. The Morgan fingerprint density at radius 1 is 1.21 bits per heavy atom. The van der Waals surface area contributed by atoms with E-state index in [2.05, 4.69) is 20.1 Å². The molecule has 0 radical (unpaired) electrons. The van der Waals surface area contributed by atoms with E-state index < -0.39 is 6.17 Å². The Bertz CT molecular complexity index is 985. The highest BCUT2D eigenvalue weighted by atomic mass is 19.1. The second-order valence-corrected chi connectivity index (χ2v) is 7.81. The molecular formula is C20H26FN7O. The van der Waals surface area contributed by atoms with E-state index in [1.807, 2.05) is 44.9 Å². The van der Waals surface area contributed by atoms with Crippen molar-refractivity contribution in [2.75, 3.05) is 25.0 Å². The molecule has 154 valence electrons. The van der Waals surface area contributed by atoms with Crippen LogP contribution in [0, 0.1) is 20.8 Å². The Morgan fingerprint density at radius 3 is 2.72 bits per heavy atom. The smallest absolute Gasteiger partial charge is 0.174 e. The van der Waals surface area contributed by atoms with E-state index >= 15 is 0 Å². The third-order valence-corrected chi connectivity index (χ3v) is 5.22. The molecule has 0 unspecified atom stereocenters. The van der Waals surface area contributed by atoms with E-state index in [0.717, 1.165) is 28.7 Å². The van der Waals surface area contributed by atoms with Crippen LogP contribution in [0.4, 0.5) is 10.2 Å². The van der Waals surface area contributed by atoms with Gasteiger partial charge >= 0.3 is 0 Å². The van der Waals surface area contributed by atoms with Crippen LogP contribution in [0.2, 0.25) is 0 Å². The molecule has 0 spiro atoms. The van der Waals surface area contributed by atoms with Gasteiger partial charge in [-0.2, -0.15) is 5.10 Å². The lowest BCUT2D eigenvalue weighted by Gasteiger charge is -2.28. The van der Waals surface area contributed by atoms with Gasteiger partial charge in [0.25, 0.3) is 0 Å². The van der Waals surface area contributed by atoms with Gasteiger partial charge in [-0.15, -0.1) is 0 Å². The van der Waals surface area contributed by atoms with Crippen molar-refractivity contribution < 1.29 is 8.91 Å². The molecule has 0 saturated carbocycles. The molecule has 1 fully saturated rings. The highest BCUT2D eigenvalue weighted by Crippen LogP contribution is 2.25. The molecule has 0 aliphatic carbocycles. The molecule has 0 bridgehead atoms. The topological polar surface area (TPSA) is 76.1 Å². The van der Waals surface area contributed by atoms with Gasteiger partial charge in [0.1, 0.15) is 12.0 Å². The van der Waals surface area contributed by atoms with Crippen LogP contribution >= 0.6 is 0 Å². The standard InChI is InChI=1S/C20H26FN7O/c1-13-5-15(3)28(24-13)20-9-22-8-19(23-20)26(4)11-17-7-16(21)10-27(17)12-18-6-14(2)25-29-18/h5-6,8-9,16-17H,7,10-12H2,1-4H3/t16-,17-/m0/s1. The van der Waals surface area contributed by atoms with Gasteiger partial charge in [0, 0.05) is 37.9 Å². The lowest BCUT2D eigenvalue weighted by atomic mass is 10.2. The first-order valence-corrected chi connectivity index (χ1v) is 9.76. The van der Waals surface area contributed by atoms with Crippen molar-refractivity contribution in [1.82, 2.24) is 29.8 Å². The van der Waals surface area contributed by atoms with E-state index in [-0.39, 0.29) is 6.04 Å². The number of likely N-dealkylation sites (N-methyl/N-ethyl adjacent to an activating group) is 1. The molecule has 2 atom stereocenters. The number of anilines is 1. The number of aryl methyl sites for hydroxylation is 3. The summed E-state index contributed by atoms with van der Waals surface area (Å²) in [5.41, 5.74) is 2.77. The van der Waals surface area contributed by atoms with Crippen molar-refractivity contribution in [1.29, 1.82) is 0 Å². The van der Waals surface area contributed by atoms with Crippen LogP contribution in [0.5, 0.6) is 0 Å². The Balaban J connectivity index is 1.48. The molecule has 0 N–H and O–H groups in total. The van der Waals surface area contributed by atoms with E-state index in [9.17, 15) is 4.39 Å². The second-order valence-electron chi connectivity index (χ2n) is 7.81. The molecule has 1 aliphatic heterocycles. The Kier molecular flexibility index (Phi) is 5.31. The van der Waals surface area contributed by atoms with Crippen LogP contribution in [0.1, 0.15) is 29.3 Å². The zero-order chi connectivity index (χ0) is 20.5. The number of alkyl halides is 1. The first-order chi connectivity index (χ1) is 13.9. The van der Waals surface area contributed by atoms with Crippen LogP contribution in [-0.4, -0.2) is 62.2 Å². The van der Waals surface area contributed by atoms with Gasteiger partial charge in [0.05, 0.1) is 30.3 Å². The van der Waals surface area contributed by atoms with Gasteiger partial charge in [-0.1, -0.05) is 5.16 Å². The minimum atomic E-state index is -0.843. The van der Waals surface area contributed by atoms with Crippen molar-refractivity contribution in [3.8, 4) is 5.82 Å². The largest absolute Gasteiger partial charge is 0.360 e. The number of hydrogen-bond acceptors (Lipinski definition) is 7. The Labute approximate surface area is 169 Å². The number of aromatic nitrogens is 5. The maximum Gasteiger partial charge on any atom is 0.174 e. The van der Waals surface area contributed by atoms with Gasteiger partial charge in [-0.3, -0.25) is 9.88 Å². The van der Waals surface area contributed by atoms with E-state index in [1.54, 1.807) is 17.1 Å². The normalized spacial score (nSPS) is 19.8. The minimum absolute atomic E-state index is 0.0551. The van der Waals surface area contributed by atoms with Crippen LogP contribution in [0.25, 0.3) is 5.82 Å². The summed E-state index contributed by atoms with van der Waals surface area (Å²) in [7, 11) is 1.96. The van der Waals surface area contributed by atoms with Crippen LogP contribution in [-0.2, 0) is 6.54 Å². The fourth-order valence-corrected chi connectivity index (χ4v) is 3.90. The maximum atomic E-state index is 14.2. The summed E-state index contributed by atoms with van der Waals surface area (Å²) >= 11 is 0. The van der Waals surface area contributed by atoms with Crippen molar-refractivity contribution in [2.24, 2.45) is 0 Å². The van der Waals surface area contributed by atoms with Gasteiger partial charge < -0.3 is 9.42 Å². The number of halogens is 1. The summed E-state index contributed by atoms with van der Waals surface area (Å²) < 4.78 is 21.3. The van der Waals surface area contributed by atoms with E-state index in [1.165, 1.54) is 0 Å². The number of hydrogen-bond donors (Lipinski definition) is 0. The summed E-state index contributed by atoms with van der Waals surface area (Å²) in [6, 6.07) is 3.95. The van der Waals surface area contributed by atoms with Gasteiger partial charge in [-0.05, 0) is 33.3 Å². The fraction of sp³-hybridized carbons (Fsp3) is 0.500.